The molecule has 6 heteroatoms. The molecule has 2 aromatic heterocycles. The Labute approximate surface area is 143 Å². The van der Waals surface area contributed by atoms with Gasteiger partial charge in [-0.05, 0) is 48.6 Å². The largest absolute Gasteiger partial charge is 0.350 e. The second-order valence-electron chi connectivity index (χ2n) is 5.21. The maximum Gasteiger partial charge on any atom is 0.269 e. The van der Waals surface area contributed by atoms with Gasteiger partial charge in [-0.3, -0.25) is 9.89 Å². The molecule has 2 N–H and O–H groups in total. The molecule has 0 bridgehead atoms. The minimum atomic E-state index is -0.146. The van der Waals surface area contributed by atoms with Crippen LogP contribution in [0, 0.1) is 6.92 Å². The van der Waals surface area contributed by atoms with Gasteiger partial charge in [-0.25, -0.2) is 0 Å². The number of amides is 1. The lowest BCUT2D eigenvalue weighted by atomic mass is 10.1. The first-order chi connectivity index (χ1) is 11.1. The van der Waals surface area contributed by atoms with E-state index in [-0.39, 0.29) is 5.91 Å². The van der Waals surface area contributed by atoms with E-state index in [2.05, 4.69) is 33.9 Å². The van der Waals surface area contributed by atoms with Crippen molar-refractivity contribution in [3.63, 3.8) is 0 Å². The number of aryl methyl sites for hydroxylation is 1. The standard InChI is InChI=1S/C17H16ClN3OS/c1-11-7-9-23-16(11)6-8-19-17(22)15-10-14(20-21-15)12-2-4-13(18)5-3-12/h2-5,7,9-10H,6,8H2,1H3,(H,19,22)(H,20,21). The Morgan fingerprint density at radius 3 is 2.78 bits per heavy atom. The van der Waals surface area contributed by atoms with Gasteiger partial charge in [0.05, 0.1) is 5.69 Å². The molecular formula is C17H16ClN3OS. The van der Waals surface area contributed by atoms with Crippen molar-refractivity contribution in [2.75, 3.05) is 6.54 Å². The molecule has 2 heterocycles. The van der Waals surface area contributed by atoms with Gasteiger partial charge in [-0.1, -0.05) is 23.7 Å². The fourth-order valence-electron chi connectivity index (χ4n) is 2.25. The minimum Gasteiger partial charge on any atom is -0.350 e. The summed E-state index contributed by atoms with van der Waals surface area (Å²) in [5.74, 6) is -0.146. The van der Waals surface area contributed by atoms with Gasteiger partial charge in [0.1, 0.15) is 5.69 Å². The Bertz CT molecular complexity index is 807. The Hall–Kier alpha value is -2.11. The molecule has 0 aliphatic heterocycles. The number of aromatic nitrogens is 2. The Kier molecular flexibility index (Phi) is 4.79. The van der Waals surface area contributed by atoms with E-state index in [9.17, 15) is 4.79 Å². The summed E-state index contributed by atoms with van der Waals surface area (Å²) in [4.78, 5) is 13.5. The highest BCUT2D eigenvalue weighted by atomic mass is 35.5. The summed E-state index contributed by atoms with van der Waals surface area (Å²) in [6.45, 7) is 2.69. The number of H-pyrrole nitrogens is 1. The molecule has 118 valence electrons. The molecular weight excluding hydrogens is 330 g/mol. The van der Waals surface area contributed by atoms with Crippen molar-refractivity contribution >= 4 is 28.8 Å². The van der Waals surface area contributed by atoms with Gasteiger partial charge >= 0.3 is 0 Å². The number of halogens is 1. The van der Waals surface area contributed by atoms with Gasteiger partial charge < -0.3 is 5.32 Å². The summed E-state index contributed by atoms with van der Waals surface area (Å²) in [5, 5.41) is 12.6. The lowest BCUT2D eigenvalue weighted by Crippen LogP contribution is -2.25. The van der Waals surface area contributed by atoms with E-state index >= 15 is 0 Å². The van der Waals surface area contributed by atoms with Gasteiger partial charge in [-0.15, -0.1) is 11.3 Å². The number of nitrogens with one attached hydrogen (secondary N) is 2. The fraction of sp³-hybridized carbons (Fsp3) is 0.176. The quantitative estimate of drug-likeness (QED) is 0.732. The first-order valence-corrected chi connectivity index (χ1v) is 8.52. The van der Waals surface area contributed by atoms with Gasteiger partial charge in [0, 0.05) is 22.0 Å². The molecule has 4 nitrogen and oxygen atoms in total. The van der Waals surface area contributed by atoms with Crippen molar-refractivity contribution in [2.24, 2.45) is 0 Å². The number of nitrogens with zero attached hydrogens (tertiary/aromatic N) is 1. The zero-order chi connectivity index (χ0) is 16.2. The molecule has 0 radical (unpaired) electrons. The van der Waals surface area contributed by atoms with Gasteiger partial charge in [0.15, 0.2) is 0 Å². The predicted octanol–water partition coefficient (Wildman–Crippen LogP) is 4.07. The smallest absolute Gasteiger partial charge is 0.269 e. The minimum absolute atomic E-state index is 0.146. The summed E-state index contributed by atoms with van der Waals surface area (Å²) in [6.07, 6.45) is 0.841. The predicted molar refractivity (Wildman–Crippen MR) is 94.1 cm³/mol. The lowest BCUT2D eigenvalue weighted by molar-refractivity contribution is 0.0949. The Morgan fingerprint density at radius 2 is 2.09 bits per heavy atom. The van der Waals surface area contributed by atoms with Crippen molar-refractivity contribution in [1.82, 2.24) is 15.5 Å². The van der Waals surface area contributed by atoms with E-state index < -0.39 is 0 Å². The van der Waals surface area contributed by atoms with Crippen LogP contribution in [0.15, 0.2) is 41.8 Å². The molecule has 3 rings (SSSR count). The van der Waals surface area contributed by atoms with Gasteiger partial charge in [-0.2, -0.15) is 5.10 Å². The number of carbonyl (C=O) groups excluding carboxylic acids is 1. The first-order valence-electron chi connectivity index (χ1n) is 7.26. The lowest BCUT2D eigenvalue weighted by Gasteiger charge is -2.03. The summed E-state index contributed by atoms with van der Waals surface area (Å²) < 4.78 is 0. The van der Waals surface area contributed by atoms with E-state index in [1.807, 2.05) is 12.1 Å². The van der Waals surface area contributed by atoms with Crippen molar-refractivity contribution in [3.8, 4) is 11.3 Å². The molecule has 1 aromatic carbocycles. The van der Waals surface area contributed by atoms with Crippen molar-refractivity contribution in [1.29, 1.82) is 0 Å². The molecule has 0 saturated carbocycles. The highest BCUT2D eigenvalue weighted by Crippen LogP contribution is 2.20. The number of hydrogen-bond donors (Lipinski definition) is 2. The number of thiophene rings is 1. The Morgan fingerprint density at radius 1 is 1.30 bits per heavy atom. The van der Waals surface area contributed by atoms with Crippen LogP contribution in [0.25, 0.3) is 11.3 Å². The van der Waals surface area contributed by atoms with Crippen molar-refractivity contribution in [3.05, 3.63) is 62.9 Å². The van der Waals surface area contributed by atoms with E-state index in [0.29, 0.717) is 17.3 Å². The summed E-state index contributed by atoms with van der Waals surface area (Å²) in [6, 6.07) is 11.2. The second-order valence-corrected chi connectivity index (χ2v) is 6.64. The molecule has 0 saturated heterocycles. The summed E-state index contributed by atoms with van der Waals surface area (Å²) in [7, 11) is 0. The van der Waals surface area contributed by atoms with Crippen LogP contribution >= 0.6 is 22.9 Å². The van der Waals surface area contributed by atoms with Crippen LogP contribution in [0.5, 0.6) is 0 Å². The molecule has 0 aliphatic carbocycles. The highest BCUT2D eigenvalue weighted by Gasteiger charge is 2.11. The van der Waals surface area contributed by atoms with E-state index in [1.165, 1.54) is 10.4 Å². The zero-order valence-electron chi connectivity index (χ0n) is 12.6. The average Bonchev–Trinajstić information content (AvgIpc) is 3.18. The number of rotatable bonds is 5. The van der Waals surface area contributed by atoms with E-state index in [4.69, 9.17) is 11.6 Å². The third-order valence-corrected chi connectivity index (χ3v) is 4.90. The topological polar surface area (TPSA) is 57.8 Å². The van der Waals surface area contributed by atoms with Crippen LogP contribution in [0.4, 0.5) is 0 Å². The average molecular weight is 346 g/mol. The summed E-state index contributed by atoms with van der Waals surface area (Å²) >= 11 is 7.59. The first kappa shape index (κ1) is 15.8. The van der Waals surface area contributed by atoms with Crippen LogP contribution in [0.3, 0.4) is 0 Å². The van der Waals surface area contributed by atoms with Gasteiger partial charge in [0.25, 0.3) is 5.91 Å². The van der Waals surface area contributed by atoms with Crippen LogP contribution in [-0.2, 0) is 6.42 Å². The normalized spacial score (nSPS) is 10.7. The van der Waals surface area contributed by atoms with Crippen LogP contribution in [0.1, 0.15) is 20.9 Å². The van der Waals surface area contributed by atoms with Crippen LogP contribution < -0.4 is 5.32 Å². The van der Waals surface area contributed by atoms with Gasteiger partial charge in [0.2, 0.25) is 0 Å². The maximum absolute atomic E-state index is 12.2. The number of aromatic amines is 1. The third-order valence-electron chi connectivity index (χ3n) is 3.57. The highest BCUT2D eigenvalue weighted by molar-refractivity contribution is 7.10. The van der Waals surface area contributed by atoms with Crippen molar-refractivity contribution in [2.45, 2.75) is 13.3 Å². The van der Waals surface area contributed by atoms with Crippen molar-refractivity contribution < 1.29 is 4.79 Å². The van der Waals surface area contributed by atoms with E-state index in [0.717, 1.165) is 17.7 Å². The number of benzene rings is 1. The van der Waals surface area contributed by atoms with E-state index in [1.54, 1.807) is 29.5 Å². The molecule has 23 heavy (non-hydrogen) atoms. The third kappa shape index (κ3) is 3.81. The monoisotopic (exact) mass is 345 g/mol. The SMILES string of the molecule is Cc1ccsc1CCNC(=O)c1cc(-c2ccc(Cl)cc2)n[nH]1. The molecule has 0 spiro atoms. The molecule has 0 atom stereocenters. The zero-order valence-corrected chi connectivity index (χ0v) is 14.2. The fourth-order valence-corrected chi connectivity index (χ4v) is 3.29. The molecule has 0 unspecified atom stereocenters. The summed E-state index contributed by atoms with van der Waals surface area (Å²) in [5.41, 5.74) is 3.37. The molecule has 1 amide bonds. The number of hydrogen-bond acceptors (Lipinski definition) is 3. The maximum atomic E-state index is 12.2. The molecule has 0 fully saturated rings. The number of carbonyl (C=O) groups is 1. The molecule has 0 aliphatic rings. The van der Waals surface area contributed by atoms with Crippen LogP contribution in [-0.4, -0.2) is 22.6 Å². The van der Waals surface area contributed by atoms with Crippen LogP contribution in [0.2, 0.25) is 5.02 Å². The molecule has 3 aromatic rings. The second kappa shape index (κ2) is 6.98. The Balaban J connectivity index is 1.60.